The Morgan fingerprint density at radius 2 is 1.57 bits per heavy atom. The molecule has 28 heavy (non-hydrogen) atoms. The van der Waals surface area contributed by atoms with E-state index in [1.807, 2.05) is 29.8 Å². The maximum absolute atomic E-state index is 11.9. The van der Waals surface area contributed by atoms with Gasteiger partial charge in [0.15, 0.2) is 0 Å². The number of methoxy groups -OCH3 is 1. The van der Waals surface area contributed by atoms with E-state index in [1.54, 1.807) is 12.1 Å². The van der Waals surface area contributed by atoms with Gasteiger partial charge in [-0.2, -0.15) is 0 Å². The third-order valence-corrected chi connectivity index (χ3v) is 6.02. The highest BCUT2D eigenvalue weighted by atomic mass is 127. The van der Waals surface area contributed by atoms with Crippen molar-refractivity contribution in [2.24, 2.45) is 7.05 Å². The summed E-state index contributed by atoms with van der Waals surface area (Å²) in [5.74, 6) is -0.629. The maximum atomic E-state index is 11.9. The monoisotopic (exact) mass is 483 g/mol. The quantitative estimate of drug-likeness (QED) is 0.305. The van der Waals surface area contributed by atoms with Crippen molar-refractivity contribution in [2.75, 3.05) is 7.11 Å². The zero-order valence-corrected chi connectivity index (χ0v) is 17.6. The van der Waals surface area contributed by atoms with Crippen LogP contribution in [-0.4, -0.2) is 22.8 Å². The minimum absolute atomic E-state index is 0.0812. The van der Waals surface area contributed by atoms with Crippen LogP contribution in [0.3, 0.4) is 0 Å². The van der Waals surface area contributed by atoms with E-state index in [-0.39, 0.29) is 11.3 Å². The molecule has 4 rings (SSSR count). The molecule has 5 heteroatoms. The molecule has 4 aromatic rings. The highest BCUT2D eigenvalue weighted by Gasteiger charge is 2.20. The number of benzene rings is 3. The van der Waals surface area contributed by atoms with Crippen LogP contribution in [0, 0.1) is 3.57 Å². The summed E-state index contributed by atoms with van der Waals surface area (Å²) in [7, 11) is 3.27. The predicted molar refractivity (Wildman–Crippen MR) is 120 cm³/mol. The highest BCUT2D eigenvalue weighted by Crippen LogP contribution is 2.37. The van der Waals surface area contributed by atoms with Gasteiger partial charge in [0.25, 0.3) is 0 Å². The van der Waals surface area contributed by atoms with Crippen molar-refractivity contribution < 1.29 is 14.6 Å². The molecule has 0 aliphatic heterocycles. The number of rotatable bonds is 3. The van der Waals surface area contributed by atoms with Gasteiger partial charge in [-0.15, -0.1) is 0 Å². The molecule has 0 amide bonds. The number of carbonyl (C=O) groups excluding carboxylic acids is 1. The number of hydrogen-bond donors (Lipinski definition) is 1. The number of carbonyl (C=O) groups is 1. The van der Waals surface area contributed by atoms with Crippen molar-refractivity contribution in [1.29, 1.82) is 0 Å². The van der Waals surface area contributed by atoms with Gasteiger partial charge in [0.05, 0.1) is 18.3 Å². The fourth-order valence-electron chi connectivity index (χ4n) is 3.47. The lowest BCUT2D eigenvalue weighted by Crippen LogP contribution is -2.01. The second kappa shape index (κ2) is 7.31. The molecule has 0 atom stereocenters. The molecular formula is C23H18INO3. The van der Waals surface area contributed by atoms with Crippen LogP contribution in [0.1, 0.15) is 10.4 Å². The number of hydrogen-bond acceptors (Lipinski definition) is 3. The molecule has 0 fully saturated rings. The molecule has 0 spiro atoms. The van der Waals surface area contributed by atoms with Crippen molar-refractivity contribution in [2.45, 2.75) is 0 Å². The molecule has 3 aromatic carbocycles. The third kappa shape index (κ3) is 3.05. The minimum Gasteiger partial charge on any atom is -0.507 e. The lowest BCUT2D eigenvalue weighted by atomic mass is 10.0. The molecule has 140 valence electrons. The van der Waals surface area contributed by atoms with Crippen LogP contribution in [0.2, 0.25) is 0 Å². The highest BCUT2D eigenvalue weighted by molar-refractivity contribution is 14.1. The van der Waals surface area contributed by atoms with Crippen LogP contribution in [0.15, 0.2) is 66.7 Å². The smallest absolute Gasteiger partial charge is 0.341 e. The summed E-state index contributed by atoms with van der Waals surface area (Å²) in [5, 5.41) is 11.2. The van der Waals surface area contributed by atoms with E-state index in [0.29, 0.717) is 0 Å². The molecule has 4 nitrogen and oxygen atoms in total. The fraction of sp³-hybridized carbons (Fsp3) is 0.0870. The summed E-state index contributed by atoms with van der Waals surface area (Å²) < 4.78 is 7.83. The van der Waals surface area contributed by atoms with Gasteiger partial charge in [0.2, 0.25) is 0 Å². The van der Waals surface area contributed by atoms with Gasteiger partial charge in [0, 0.05) is 22.1 Å². The van der Waals surface area contributed by atoms with Crippen molar-refractivity contribution >= 4 is 39.5 Å². The standard InChI is InChI=1S/C23H18INO3/c1-25-19-13-20(26)18(23(27)28-2)12-17(19)21(24)22(25)16-10-8-15(9-11-16)14-6-4-3-5-7-14/h3-13,26H,1-2H3. The molecular weight excluding hydrogens is 465 g/mol. The second-order valence-corrected chi connectivity index (χ2v) is 7.62. The van der Waals surface area contributed by atoms with E-state index in [2.05, 4.69) is 59.0 Å². The van der Waals surface area contributed by atoms with E-state index in [0.717, 1.165) is 31.3 Å². The number of fused-ring (bicyclic) bond motifs is 1. The zero-order chi connectivity index (χ0) is 19.8. The number of aryl methyl sites for hydroxylation is 1. The minimum atomic E-state index is -0.548. The molecule has 1 heterocycles. The molecule has 1 N–H and O–H groups in total. The average Bonchev–Trinajstić information content (AvgIpc) is 2.97. The number of nitrogens with zero attached hydrogens (tertiary/aromatic N) is 1. The molecule has 0 saturated carbocycles. The lowest BCUT2D eigenvalue weighted by Gasteiger charge is -2.08. The SMILES string of the molecule is COC(=O)c1cc2c(I)c(-c3ccc(-c4ccccc4)cc3)n(C)c2cc1O. The number of aromatic hydroxyl groups is 1. The van der Waals surface area contributed by atoms with Crippen LogP contribution < -0.4 is 0 Å². The van der Waals surface area contributed by atoms with Gasteiger partial charge in [-0.3, -0.25) is 0 Å². The normalized spacial score (nSPS) is 11.0. The topological polar surface area (TPSA) is 51.5 Å². The molecule has 0 radical (unpaired) electrons. The van der Waals surface area contributed by atoms with Gasteiger partial charge in [0.1, 0.15) is 11.3 Å². The first kappa shape index (κ1) is 18.6. The van der Waals surface area contributed by atoms with Crippen molar-refractivity contribution in [3.8, 4) is 28.1 Å². The average molecular weight is 483 g/mol. The number of halogens is 1. The number of aromatic nitrogens is 1. The first-order chi connectivity index (χ1) is 13.5. The van der Waals surface area contributed by atoms with E-state index >= 15 is 0 Å². The summed E-state index contributed by atoms with van der Waals surface area (Å²) in [4.78, 5) is 11.9. The van der Waals surface area contributed by atoms with Crippen LogP contribution in [-0.2, 0) is 11.8 Å². The van der Waals surface area contributed by atoms with E-state index < -0.39 is 5.97 Å². The van der Waals surface area contributed by atoms with Crippen molar-refractivity contribution in [3.05, 3.63) is 75.9 Å². The Labute approximate surface area is 176 Å². The summed E-state index contributed by atoms with van der Waals surface area (Å²) >= 11 is 2.29. The van der Waals surface area contributed by atoms with Gasteiger partial charge < -0.3 is 14.4 Å². The Morgan fingerprint density at radius 1 is 0.964 bits per heavy atom. The summed E-state index contributed by atoms with van der Waals surface area (Å²) in [6.07, 6.45) is 0. The first-order valence-electron chi connectivity index (χ1n) is 8.76. The third-order valence-electron chi connectivity index (χ3n) is 4.93. The molecule has 0 saturated heterocycles. The van der Waals surface area contributed by atoms with Crippen molar-refractivity contribution in [3.63, 3.8) is 0 Å². The molecule has 0 aliphatic carbocycles. The maximum Gasteiger partial charge on any atom is 0.341 e. The molecule has 0 unspecified atom stereocenters. The van der Waals surface area contributed by atoms with E-state index in [4.69, 9.17) is 4.74 Å². The summed E-state index contributed by atoms with van der Waals surface area (Å²) in [6, 6.07) is 22.0. The van der Waals surface area contributed by atoms with Crippen LogP contribution in [0.4, 0.5) is 0 Å². The lowest BCUT2D eigenvalue weighted by molar-refractivity contribution is 0.0597. The van der Waals surface area contributed by atoms with Crippen molar-refractivity contribution in [1.82, 2.24) is 4.57 Å². The van der Waals surface area contributed by atoms with Crippen LogP contribution in [0.5, 0.6) is 5.75 Å². The summed E-state index contributed by atoms with van der Waals surface area (Å²) in [6.45, 7) is 0. The van der Waals surface area contributed by atoms with Crippen LogP contribution in [0.25, 0.3) is 33.3 Å². The Morgan fingerprint density at radius 3 is 2.21 bits per heavy atom. The van der Waals surface area contributed by atoms with Gasteiger partial charge in [-0.05, 0) is 45.3 Å². The Bertz CT molecular complexity index is 1180. The molecule has 0 bridgehead atoms. The van der Waals surface area contributed by atoms with E-state index in [9.17, 15) is 9.90 Å². The molecule has 1 aromatic heterocycles. The zero-order valence-electron chi connectivity index (χ0n) is 15.4. The van der Waals surface area contributed by atoms with Crippen LogP contribution >= 0.6 is 22.6 Å². The van der Waals surface area contributed by atoms with E-state index in [1.165, 1.54) is 12.7 Å². The fourth-order valence-corrected chi connectivity index (χ4v) is 4.58. The van der Waals surface area contributed by atoms with Gasteiger partial charge in [-0.1, -0.05) is 54.6 Å². The van der Waals surface area contributed by atoms with Gasteiger partial charge >= 0.3 is 5.97 Å². The van der Waals surface area contributed by atoms with Gasteiger partial charge in [-0.25, -0.2) is 4.79 Å². The number of phenolic OH excluding ortho intramolecular Hbond substituents is 1. The second-order valence-electron chi connectivity index (χ2n) is 6.54. The Balaban J connectivity index is 1.84. The Kier molecular flexibility index (Phi) is 4.85. The first-order valence-corrected chi connectivity index (χ1v) is 9.84. The number of esters is 1. The predicted octanol–water partition coefficient (Wildman–Crippen LogP) is 5.61. The number of ether oxygens (including phenoxy) is 1. The molecule has 0 aliphatic rings. The number of phenols is 1. The Hall–Kier alpha value is -2.80. The largest absolute Gasteiger partial charge is 0.507 e. The summed E-state index contributed by atoms with van der Waals surface area (Å²) in [5.41, 5.74) is 5.47.